The number of aliphatic hydroxyl groups excluding tert-OH is 3. The highest BCUT2D eigenvalue weighted by Gasteiger charge is 2.41. The van der Waals surface area contributed by atoms with Gasteiger partial charge >= 0.3 is 11.9 Å². The van der Waals surface area contributed by atoms with Gasteiger partial charge in [-0.2, -0.15) is 11.8 Å². The van der Waals surface area contributed by atoms with Crippen molar-refractivity contribution in [1.82, 2.24) is 52.1 Å². The van der Waals surface area contributed by atoms with Gasteiger partial charge in [-0.05, 0) is 52.0 Å². The zero-order valence-electron chi connectivity index (χ0n) is 35.0. The van der Waals surface area contributed by atoms with E-state index in [1.807, 2.05) is 0 Å². The summed E-state index contributed by atoms with van der Waals surface area (Å²) in [6.07, 6.45) is 2.13. The van der Waals surface area contributed by atoms with Gasteiger partial charge in [-0.15, -0.1) is 0 Å². The second kappa shape index (κ2) is 25.9. The molecular formula is C36H57N11O15S. The van der Waals surface area contributed by atoms with Crippen LogP contribution in [0.4, 0.5) is 0 Å². The van der Waals surface area contributed by atoms with Crippen LogP contribution in [0.1, 0.15) is 52.1 Å². The number of nitrogens with zero attached hydrogens (tertiary/aromatic N) is 2. The fourth-order valence-electron chi connectivity index (χ4n) is 6.00. The number of aliphatic hydroxyl groups is 3. The standard InChI is InChI=1S/C36H57N11O15S/c1-16(40-30(55)20(37)13-48)28(53)43-23(11-26(51)52)32(57)44-22(10-19-12-38-15-39-19)31(56)45-24(14-49)33(58)41-17(2)29(54)46-27(18(3)50)35(60)47-8-5-6-25(47)34(59)42-21(36(61)62)7-9-63-4/h12,15-18,20-25,27,48-50H,5-11,13-14,37H2,1-4H3,(H,38,39)(H,40,55)(H,41,58)(H,42,59)(H,43,53)(H,44,57)(H,45,56)(H,46,54)(H,51,52)(H,61,62)/t16-,17-,18+,20-,21-,22-,23-,24-,25-,27-/m0/s1. The molecule has 10 atom stereocenters. The molecule has 1 aliphatic heterocycles. The first kappa shape index (κ1) is 53.2. The van der Waals surface area contributed by atoms with E-state index in [2.05, 4.69) is 47.2 Å². The summed E-state index contributed by atoms with van der Waals surface area (Å²) in [5, 5.41) is 64.6. The zero-order chi connectivity index (χ0) is 47.6. The molecular weight excluding hydrogens is 859 g/mol. The van der Waals surface area contributed by atoms with Crippen molar-refractivity contribution >= 4 is 71.0 Å². The van der Waals surface area contributed by atoms with Gasteiger partial charge in [-0.1, -0.05) is 0 Å². The molecule has 1 aromatic heterocycles. The number of hydrogen-bond donors (Lipinski definition) is 14. The Labute approximate surface area is 365 Å². The summed E-state index contributed by atoms with van der Waals surface area (Å²) in [5.74, 6) is -10.3. The van der Waals surface area contributed by atoms with E-state index in [-0.39, 0.29) is 31.5 Å². The average Bonchev–Trinajstić information content (AvgIpc) is 3.94. The lowest BCUT2D eigenvalue weighted by atomic mass is 10.1. The van der Waals surface area contributed by atoms with Gasteiger partial charge in [0, 0.05) is 24.9 Å². The smallest absolute Gasteiger partial charge is 0.326 e. The molecule has 2 heterocycles. The molecule has 2 rings (SSSR count). The molecule has 0 radical (unpaired) electrons. The van der Waals surface area contributed by atoms with Crippen molar-refractivity contribution in [2.45, 2.75) is 113 Å². The Morgan fingerprint density at radius 2 is 1.37 bits per heavy atom. The number of amides is 8. The summed E-state index contributed by atoms with van der Waals surface area (Å²) < 4.78 is 0. The van der Waals surface area contributed by atoms with Crippen LogP contribution >= 0.6 is 11.8 Å². The van der Waals surface area contributed by atoms with E-state index in [1.54, 1.807) is 6.26 Å². The number of nitrogens with one attached hydrogen (secondary N) is 8. The molecule has 0 aliphatic carbocycles. The van der Waals surface area contributed by atoms with Gasteiger partial charge in [-0.25, -0.2) is 9.78 Å². The van der Waals surface area contributed by atoms with E-state index in [1.165, 1.54) is 45.1 Å². The van der Waals surface area contributed by atoms with Crippen LogP contribution in [0.15, 0.2) is 12.5 Å². The van der Waals surface area contributed by atoms with Crippen molar-refractivity contribution in [3.63, 3.8) is 0 Å². The van der Waals surface area contributed by atoms with Crippen LogP contribution in [0.5, 0.6) is 0 Å². The number of carbonyl (C=O) groups is 10. The second-order valence-electron chi connectivity index (χ2n) is 14.6. The second-order valence-corrected chi connectivity index (χ2v) is 15.6. The van der Waals surface area contributed by atoms with Crippen LogP contribution in [0.25, 0.3) is 0 Å². The highest BCUT2D eigenvalue weighted by molar-refractivity contribution is 7.98. The number of carboxylic acids is 2. The van der Waals surface area contributed by atoms with E-state index in [0.717, 1.165) is 4.90 Å². The SMILES string of the molecule is CSCC[C@H](NC(=O)[C@@H]1CCCN1C(=O)[C@@H](NC(=O)[C@H](C)NC(=O)[C@H](CO)NC(=O)[C@H](Cc1cnc[nH]1)NC(=O)[C@H](CC(=O)O)NC(=O)[C@H](C)NC(=O)[C@@H](N)CO)[C@@H](C)O)C(=O)O. The van der Waals surface area contributed by atoms with Crippen LogP contribution < -0.4 is 43.0 Å². The molecule has 1 fully saturated rings. The maximum atomic E-state index is 13.6. The van der Waals surface area contributed by atoms with Crippen LogP contribution in [0.3, 0.4) is 0 Å². The molecule has 0 bridgehead atoms. The molecule has 26 nitrogen and oxygen atoms in total. The molecule has 1 aromatic rings. The van der Waals surface area contributed by atoms with Crippen LogP contribution in [0.2, 0.25) is 0 Å². The lowest BCUT2D eigenvalue weighted by Gasteiger charge is -2.31. The molecule has 8 amide bonds. The number of aromatic nitrogens is 2. The number of hydrogen-bond acceptors (Lipinski definition) is 16. The minimum Gasteiger partial charge on any atom is -0.481 e. The van der Waals surface area contributed by atoms with Crippen LogP contribution in [-0.4, -0.2) is 192 Å². The number of likely N-dealkylation sites (tertiary alicyclic amines) is 1. The largest absolute Gasteiger partial charge is 0.481 e. The summed E-state index contributed by atoms with van der Waals surface area (Å²) in [6.45, 7) is 1.84. The molecule has 27 heteroatoms. The lowest BCUT2D eigenvalue weighted by Crippen LogP contribution is -2.61. The summed E-state index contributed by atoms with van der Waals surface area (Å²) >= 11 is 1.38. The van der Waals surface area contributed by atoms with Crippen LogP contribution in [-0.2, 0) is 54.4 Å². The molecule has 15 N–H and O–H groups in total. The molecule has 0 spiro atoms. The molecule has 1 aliphatic rings. The Morgan fingerprint density at radius 3 is 1.90 bits per heavy atom. The van der Waals surface area contributed by atoms with Crippen molar-refractivity contribution < 1.29 is 73.5 Å². The summed E-state index contributed by atoms with van der Waals surface area (Å²) in [4.78, 5) is 136. The topological polar surface area (TPSA) is 414 Å². The molecule has 0 saturated carbocycles. The molecule has 1 saturated heterocycles. The van der Waals surface area contributed by atoms with E-state index < -0.39 is 139 Å². The number of aromatic amines is 1. The van der Waals surface area contributed by atoms with Gasteiger partial charge in [0.25, 0.3) is 0 Å². The Kier molecular flexibility index (Phi) is 21.9. The number of carbonyl (C=O) groups excluding carboxylic acids is 8. The van der Waals surface area contributed by atoms with Gasteiger partial charge < -0.3 is 78.4 Å². The highest BCUT2D eigenvalue weighted by atomic mass is 32.2. The monoisotopic (exact) mass is 915 g/mol. The lowest BCUT2D eigenvalue weighted by molar-refractivity contribution is -0.146. The summed E-state index contributed by atoms with van der Waals surface area (Å²) in [5.41, 5.74) is 5.69. The third kappa shape index (κ3) is 16.7. The minimum atomic E-state index is -1.82. The number of nitrogens with two attached hydrogens (primary N) is 1. The Hall–Kier alpha value is -5.90. The number of aliphatic carboxylic acids is 2. The third-order valence-electron chi connectivity index (χ3n) is 9.59. The van der Waals surface area contributed by atoms with Gasteiger partial charge in [0.15, 0.2) is 0 Å². The van der Waals surface area contributed by atoms with Gasteiger partial charge in [-0.3, -0.25) is 43.2 Å². The van der Waals surface area contributed by atoms with Crippen molar-refractivity contribution in [2.24, 2.45) is 5.73 Å². The number of carboxylic acid groups (broad SMARTS) is 2. The Balaban J connectivity index is 2.17. The maximum absolute atomic E-state index is 13.6. The first-order chi connectivity index (χ1) is 29.6. The normalized spacial score (nSPS) is 17.8. The maximum Gasteiger partial charge on any atom is 0.326 e. The van der Waals surface area contributed by atoms with E-state index in [4.69, 9.17) is 10.8 Å². The highest BCUT2D eigenvalue weighted by Crippen LogP contribution is 2.20. The van der Waals surface area contributed by atoms with E-state index in [0.29, 0.717) is 12.2 Å². The van der Waals surface area contributed by atoms with E-state index >= 15 is 0 Å². The summed E-state index contributed by atoms with van der Waals surface area (Å²) in [7, 11) is 0. The molecule has 63 heavy (non-hydrogen) atoms. The minimum absolute atomic E-state index is 0.0555. The quantitative estimate of drug-likeness (QED) is 0.0411. The van der Waals surface area contributed by atoms with Gasteiger partial charge in [0.05, 0.1) is 32.1 Å². The third-order valence-corrected chi connectivity index (χ3v) is 10.2. The van der Waals surface area contributed by atoms with Crippen molar-refractivity contribution in [3.05, 3.63) is 18.2 Å². The molecule has 352 valence electrons. The van der Waals surface area contributed by atoms with Crippen molar-refractivity contribution in [2.75, 3.05) is 31.8 Å². The fraction of sp³-hybridized carbons (Fsp3) is 0.639. The Morgan fingerprint density at radius 1 is 0.794 bits per heavy atom. The first-order valence-corrected chi connectivity index (χ1v) is 21.0. The van der Waals surface area contributed by atoms with Crippen molar-refractivity contribution in [1.29, 1.82) is 0 Å². The predicted molar refractivity (Wildman–Crippen MR) is 219 cm³/mol. The number of H-pyrrole nitrogens is 1. The van der Waals surface area contributed by atoms with Crippen molar-refractivity contribution in [3.8, 4) is 0 Å². The number of imidazole rings is 1. The predicted octanol–water partition coefficient (Wildman–Crippen LogP) is -6.62. The van der Waals surface area contributed by atoms with E-state index in [9.17, 15) is 68.4 Å². The molecule has 0 unspecified atom stereocenters. The fourth-order valence-corrected chi connectivity index (χ4v) is 6.47. The van der Waals surface area contributed by atoms with Gasteiger partial charge in [0.2, 0.25) is 47.3 Å². The number of thioether (sulfide) groups is 1. The Bertz CT molecular complexity index is 1790. The first-order valence-electron chi connectivity index (χ1n) is 19.6. The number of rotatable bonds is 26. The average molecular weight is 916 g/mol. The zero-order valence-corrected chi connectivity index (χ0v) is 35.8. The summed E-state index contributed by atoms with van der Waals surface area (Å²) in [6, 6.07) is -13.4. The van der Waals surface area contributed by atoms with Gasteiger partial charge in [0.1, 0.15) is 54.4 Å². The molecule has 0 aromatic carbocycles. The van der Waals surface area contributed by atoms with Crippen LogP contribution in [0, 0.1) is 0 Å².